The summed E-state index contributed by atoms with van der Waals surface area (Å²) in [6, 6.07) is 12.3. The lowest BCUT2D eigenvalue weighted by molar-refractivity contribution is 0.0252. The van der Waals surface area contributed by atoms with Crippen LogP contribution in [0.5, 0.6) is 0 Å². The van der Waals surface area contributed by atoms with Gasteiger partial charge in [-0.1, -0.05) is 30.3 Å². The first kappa shape index (κ1) is 14.5. The Hall–Kier alpha value is 0.127. The quantitative estimate of drug-likeness (QED) is 0.307. The van der Waals surface area contributed by atoms with Gasteiger partial charge in [0.15, 0.2) is 0 Å². The maximum atomic E-state index is 5.97. The number of benzene rings is 1. The van der Waals surface area contributed by atoms with Crippen LogP contribution in [0, 0.1) is 0 Å². The SMILES string of the molecule is I[Si]CCCOC1CCC(c2ccccc2)CC1. The van der Waals surface area contributed by atoms with Crippen molar-refractivity contribution in [3.05, 3.63) is 35.9 Å². The Morgan fingerprint density at radius 1 is 1.11 bits per heavy atom. The summed E-state index contributed by atoms with van der Waals surface area (Å²) in [7, 11) is 1.04. The highest BCUT2D eigenvalue weighted by molar-refractivity contribution is 14.1. The molecule has 0 bridgehead atoms. The highest BCUT2D eigenvalue weighted by atomic mass is 127. The molecule has 0 aromatic heterocycles. The van der Waals surface area contributed by atoms with Gasteiger partial charge in [0.1, 0.15) is 7.02 Å². The van der Waals surface area contributed by atoms with E-state index in [1.165, 1.54) is 43.7 Å². The highest BCUT2D eigenvalue weighted by Crippen LogP contribution is 2.33. The molecule has 1 fully saturated rings. The maximum absolute atomic E-state index is 5.97. The molecular weight excluding hydrogens is 351 g/mol. The van der Waals surface area contributed by atoms with Gasteiger partial charge in [-0.25, -0.2) is 0 Å². The van der Waals surface area contributed by atoms with Crippen LogP contribution in [0.3, 0.4) is 0 Å². The van der Waals surface area contributed by atoms with E-state index in [0.717, 1.165) is 19.5 Å². The number of rotatable bonds is 6. The number of ether oxygens (including phenoxy) is 1. The molecule has 1 nitrogen and oxygen atoms in total. The van der Waals surface area contributed by atoms with Crippen molar-refractivity contribution < 1.29 is 4.74 Å². The van der Waals surface area contributed by atoms with E-state index in [-0.39, 0.29) is 0 Å². The summed E-state index contributed by atoms with van der Waals surface area (Å²) in [5.41, 5.74) is 1.52. The number of hydrogen-bond acceptors (Lipinski definition) is 1. The average molecular weight is 372 g/mol. The monoisotopic (exact) mass is 372 g/mol. The average Bonchev–Trinajstić information content (AvgIpc) is 2.45. The molecule has 0 saturated heterocycles. The van der Waals surface area contributed by atoms with Crippen molar-refractivity contribution in [2.24, 2.45) is 0 Å². The van der Waals surface area contributed by atoms with Crippen LogP contribution < -0.4 is 0 Å². The molecule has 1 saturated carbocycles. The fourth-order valence-corrected chi connectivity index (χ4v) is 4.10. The summed E-state index contributed by atoms with van der Waals surface area (Å²) in [5.74, 6) is 0.766. The molecule has 0 atom stereocenters. The second-order valence-corrected chi connectivity index (χ2v) is 8.05. The van der Waals surface area contributed by atoms with E-state index < -0.39 is 0 Å². The topological polar surface area (TPSA) is 9.23 Å². The minimum atomic E-state index is 0.530. The van der Waals surface area contributed by atoms with Gasteiger partial charge in [-0.3, -0.25) is 0 Å². The van der Waals surface area contributed by atoms with Crippen molar-refractivity contribution in [1.82, 2.24) is 0 Å². The molecule has 3 heteroatoms. The van der Waals surface area contributed by atoms with E-state index in [9.17, 15) is 0 Å². The molecular formula is C15H21IOSi. The number of hydrogen-bond donors (Lipinski definition) is 0. The molecule has 0 unspecified atom stereocenters. The van der Waals surface area contributed by atoms with Gasteiger partial charge in [-0.15, -0.1) is 21.8 Å². The first-order chi connectivity index (χ1) is 8.90. The Balaban J connectivity index is 1.68. The Kier molecular flexibility index (Phi) is 6.72. The molecule has 1 aliphatic carbocycles. The maximum Gasteiger partial charge on any atom is 0.131 e. The largest absolute Gasteiger partial charge is 0.378 e. The Morgan fingerprint density at radius 2 is 1.83 bits per heavy atom. The lowest BCUT2D eigenvalue weighted by Gasteiger charge is -2.28. The van der Waals surface area contributed by atoms with E-state index in [2.05, 4.69) is 52.1 Å². The first-order valence-corrected chi connectivity index (χ1v) is 11.2. The normalized spacial score (nSPS) is 24.1. The van der Waals surface area contributed by atoms with Gasteiger partial charge in [0.2, 0.25) is 0 Å². The third kappa shape index (κ3) is 4.66. The Labute approximate surface area is 126 Å². The van der Waals surface area contributed by atoms with Crippen LogP contribution in [0.15, 0.2) is 30.3 Å². The predicted molar refractivity (Wildman–Crippen MR) is 86.6 cm³/mol. The molecule has 0 N–H and O–H groups in total. The van der Waals surface area contributed by atoms with Crippen LogP contribution >= 0.6 is 21.8 Å². The van der Waals surface area contributed by atoms with Crippen molar-refractivity contribution in [3.63, 3.8) is 0 Å². The smallest absolute Gasteiger partial charge is 0.131 e. The molecule has 2 rings (SSSR count). The second-order valence-electron chi connectivity index (χ2n) is 4.99. The standard InChI is InChI=1S/C15H21IOSi/c16-18-12-4-11-17-15-9-7-14(8-10-15)13-5-2-1-3-6-13/h1-3,5-6,14-15H,4,7-12H2. The lowest BCUT2D eigenvalue weighted by Crippen LogP contribution is -2.21. The highest BCUT2D eigenvalue weighted by Gasteiger charge is 2.22. The van der Waals surface area contributed by atoms with Crippen LogP contribution in [0.2, 0.25) is 6.04 Å². The molecule has 98 valence electrons. The van der Waals surface area contributed by atoms with Gasteiger partial charge in [0.05, 0.1) is 6.10 Å². The van der Waals surface area contributed by atoms with Gasteiger partial charge in [-0.05, 0) is 49.6 Å². The minimum Gasteiger partial charge on any atom is -0.378 e. The van der Waals surface area contributed by atoms with Crippen molar-refractivity contribution in [2.45, 2.75) is 50.2 Å². The van der Waals surface area contributed by atoms with Gasteiger partial charge in [0, 0.05) is 6.61 Å². The molecule has 1 aromatic rings. The zero-order valence-corrected chi connectivity index (χ0v) is 13.9. The third-order valence-electron chi connectivity index (χ3n) is 3.71. The fourth-order valence-electron chi connectivity index (χ4n) is 2.68. The minimum absolute atomic E-state index is 0.530. The van der Waals surface area contributed by atoms with Gasteiger partial charge < -0.3 is 4.74 Å². The second kappa shape index (κ2) is 8.33. The van der Waals surface area contributed by atoms with Crippen molar-refractivity contribution >= 4 is 28.8 Å². The summed E-state index contributed by atoms with van der Waals surface area (Å²) >= 11 is 2.46. The van der Waals surface area contributed by atoms with Crippen molar-refractivity contribution in [1.29, 1.82) is 0 Å². The first-order valence-electron chi connectivity index (χ1n) is 6.90. The molecule has 1 aliphatic rings. The van der Waals surface area contributed by atoms with E-state index >= 15 is 0 Å². The van der Waals surface area contributed by atoms with E-state index in [4.69, 9.17) is 4.74 Å². The van der Waals surface area contributed by atoms with Crippen LogP contribution in [0.4, 0.5) is 0 Å². The zero-order chi connectivity index (χ0) is 12.6. The van der Waals surface area contributed by atoms with Crippen LogP contribution in [-0.2, 0) is 4.74 Å². The predicted octanol–water partition coefficient (Wildman–Crippen LogP) is 4.59. The van der Waals surface area contributed by atoms with Crippen molar-refractivity contribution in [2.75, 3.05) is 6.61 Å². The van der Waals surface area contributed by atoms with Gasteiger partial charge >= 0.3 is 0 Å². The zero-order valence-electron chi connectivity index (χ0n) is 10.8. The van der Waals surface area contributed by atoms with Crippen LogP contribution in [0.1, 0.15) is 43.6 Å². The number of halogens is 1. The fraction of sp³-hybridized carbons (Fsp3) is 0.600. The molecule has 0 amide bonds. The summed E-state index contributed by atoms with van der Waals surface area (Å²) in [4.78, 5) is 0. The third-order valence-corrected chi connectivity index (χ3v) is 5.88. The van der Waals surface area contributed by atoms with Crippen LogP contribution in [-0.4, -0.2) is 19.7 Å². The van der Waals surface area contributed by atoms with Crippen molar-refractivity contribution in [3.8, 4) is 0 Å². The van der Waals surface area contributed by atoms with E-state index in [1.54, 1.807) is 0 Å². The summed E-state index contributed by atoms with van der Waals surface area (Å²) < 4.78 is 5.97. The Bertz CT molecular complexity index is 323. The summed E-state index contributed by atoms with van der Waals surface area (Å²) in [5, 5.41) is 0. The summed E-state index contributed by atoms with van der Waals surface area (Å²) in [6.45, 7) is 0.969. The van der Waals surface area contributed by atoms with Gasteiger partial charge in [-0.2, -0.15) is 0 Å². The summed E-state index contributed by atoms with van der Waals surface area (Å²) in [6.07, 6.45) is 6.84. The molecule has 2 radical (unpaired) electrons. The Morgan fingerprint density at radius 3 is 2.50 bits per heavy atom. The molecule has 0 spiro atoms. The molecule has 18 heavy (non-hydrogen) atoms. The van der Waals surface area contributed by atoms with Gasteiger partial charge in [0.25, 0.3) is 0 Å². The molecule has 0 heterocycles. The van der Waals surface area contributed by atoms with E-state index in [0.29, 0.717) is 6.10 Å². The van der Waals surface area contributed by atoms with Crippen LogP contribution in [0.25, 0.3) is 0 Å². The van der Waals surface area contributed by atoms with E-state index in [1.807, 2.05) is 0 Å². The lowest BCUT2D eigenvalue weighted by atomic mass is 9.83. The molecule has 0 aliphatic heterocycles. The molecule has 1 aromatic carbocycles.